The van der Waals surface area contributed by atoms with E-state index in [1.54, 1.807) is 0 Å². The van der Waals surface area contributed by atoms with E-state index in [9.17, 15) is 0 Å². The summed E-state index contributed by atoms with van der Waals surface area (Å²) in [7, 11) is 0. The second-order valence-corrected chi connectivity index (χ2v) is 16.3. The summed E-state index contributed by atoms with van der Waals surface area (Å²) in [6.07, 6.45) is 0. The molecule has 0 saturated carbocycles. The Morgan fingerprint density at radius 3 is 1.38 bits per heavy atom. The lowest BCUT2D eigenvalue weighted by atomic mass is 9.89. The van der Waals surface area contributed by atoms with Crippen LogP contribution in [0.5, 0.6) is 0 Å². The summed E-state index contributed by atoms with van der Waals surface area (Å²) in [6.45, 7) is 0. The van der Waals surface area contributed by atoms with Gasteiger partial charge in [-0.1, -0.05) is 212 Å². The van der Waals surface area contributed by atoms with Crippen LogP contribution in [0.2, 0.25) is 0 Å². The molecule has 0 spiro atoms. The number of furan rings is 1. The number of nitrogens with zero attached hydrogens (tertiary/aromatic N) is 3. The predicted octanol–water partition coefficient (Wildman–Crippen LogP) is 16.3. The molecular formula is C61H39N3O. The van der Waals surface area contributed by atoms with Gasteiger partial charge < -0.3 is 4.42 Å². The van der Waals surface area contributed by atoms with E-state index in [1.165, 1.54) is 11.1 Å². The van der Waals surface area contributed by atoms with Crippen LogP contribution >= 0.6 is 0 Å². The maximum absolute atomic E-state index is 6.74. The van der Waals surface area contributed by atoms with Crippen LogP contribution in [0.15, 0.2) is 241 Å². The minimum absolute atomic E-state index is 0.568. The van der Waals surface area contributed by atoms with Crippen molar-refractivity contribution < 1.29 is 4.42 Å². The molecule has 10 aromatic carbocycles. The highest BCUT2D eigenvalue weighted by molar-refractivity contribution is 6.14. The first-order chi connectivity index (χ1) is 32.2. The van der Waals surface area contributed by atoms with Gasteiger partial charge in [-0.3, -0.25) is 0 Å². The first-order valence-corrected chi connectivity index (χ1v) is 21.9. The molecule has 0 unspecified atom stereocenters. The Morgan fingerprint density at radius 1 is 0.231 bits per heavy atom. The van der Waals surface area contributed by atoms with Gasteiger partial charge in [0.25, 0.3) is 0 Å². The molecule has 0 saturated heterocycles. The van der Waals surface area contributed by atoms with Gasteiger partial charge in [0.2, 0.25) is 0 Å². The lowest BCUT2D eigenvalue weighted by molar-refractivity contribution is 0.669. The number of aromatic nitrogens is 3. The molecule has 65 heavy (non-hydrogen) atoms. The Kier molecular flexibility index (Phi) is 9.46. The number of fused-ring (bicyclic) bond motifs is 4. The van der Waals surface area contributed by atoms with Gasteiger partial charge in [0.05, 0.1) is 0 Å². The van der Waals surface area contributed by atoms with Crippen molar-refractivity contribution >= 4 is 32.7 Å². The molecule has 4 nitrogen and oxygen atoms in total. The third-order valence-electron chi connectivity index (χ3n) is 12.4. The molecule has 0 N–H and O–H groups in total. The van der Waals surface area contributed by atoms with Gasteiger partial charge in [-0.25, -0.2) is 15.0 Å². The molecule has 2 heterocycles. The van der Waals surface area contributed by atoms with Gasteiger partial charge in [0.15, 0.2) is 17.5 Å². The Hall–Kier alpha value is -8.73. The maximum atomic E-state index is 6.74. The molecule has 0 radical (unpaired) electrons. The van der Waals surface area contributed by atoms with E-state index in [2.05, 4.69) is 231 Å². The summed E-state index contributed by atoms with van der Waals surface area (Å²) in [5, 5.41) is 4.30. The van der Waals surface area contributed by atoms with Gasteiger partial charge in [-0.05, 0) is 90.7 Å². The molecule has 0 aliphatic carbocycles. The summed E-state index contributed by atoms with van der Waals surface area (Å²) < 4.78 is 6.74. The van der Waals surface area contributed by atoms with Crippen molar-refractivity contribution in [2.75, 3.05) is 0 Å². The summed E-state index contributed by atoms with van der Waals surface area (Å²) in [4.78, 5) is 15.7. The number of hydrogen-bond donors (Lipinski definition) is 0. The SMILES string of the molecule is c1ccc(-c2ccc(-c3nc(-c4ccc5c(c4)oc4cccc(-c6ccc(-c7ccccc7)cc6-c6ccccc6)c45)nc(-c4cccc5c(-c6ccccc6)cccc45)n3)cc2)cc1. The minimum Gasteiger partial charge on any atom is -0.456 e. The zero-order chi connectivity index (χ0) is 43.1. The van der Waals surface area contributed by atoms with Gasteiger partial charge in [-0.15, -0.1) is 0 Å². The second-order valence-electron chi connectivity index (χ2n) is 16.3. The standard InChI is InChI=1S/C61H39N3O/c1-5-16-40(17-6-1)42-30-32-45(33-31-42)59-62-60(64-61(63-59)53-28-14-25-49-48(24-13-26-50(49)53)43-20-9-3-10-21-43)47-35-37-54-57(39-47)65-56-29-15-27-52(58(54)56)51-36-34-46(41-18-7-2-8-19-41)38-55(51)44-22-11-4-12-23-44/h1-39H. The zero-order valence-electron chi connectivity index (χ0n) is 35.3. The molecule has 12 aromatic rings. The molecule has 0 bridgehead atoms. The fourth-order valence-corrected chi connectivity index (χ4v) is 9.21. The number of rotatable bonds is 8. The molecule has 4 heteroatoms. The van der Waals surface area contributed by atoms with Crippen molar-refractivity contribution in [2.24, 2.45) is 0 Å². The molecule has 0 amide bonds. The van der Waals surface area contributed by atoms with Crippen LogP contribution in [0.1, 0.15) is 0 Å². The highest BCUT2D eigenvalue weighted by Crippen LogP contribution is 2.43. The Bertz CT molecular complexity index is 3680. The molecule has 0 atom stereocenters. The first kappa shape index (κ1) is 38.0. The molecule has 2 aromatic heterocycles. The van der Waals surface area contributed by atoms with Crippen LogP contribution in [0.4, 0.5) is 0 Å². The van der Waals surface area contributed by atoms with Gasteiger partial charge in [0.1, 0.15) is 11.2 Å². The summed E-state index contributed by atoms with van der Waals surface area (Å²) in [6, 6.07) is 82.9. The molecule has 0 fully saturated rings. The van der Waals surface area contributed by atoms with Crippen molar-refractivity contribution in [3.8, 4) is 89.8 Å². The monoisotopic (exact) mass is 829 g/mol. The highest BCUT2D eigenvalue weighted by atomic mass is 16.3. The van der Waals surface area contributed by atoms with E-state index in [0.717, 1.165) is 93.9 Å². The smallest absolute Gasteiger partial charge is 0.164 e. The Balaban J connectivity index is 1.01. The Morgan fingerprint density at radius 2 is 0.708 bits per heavy atom. The fraction of sp³-hybridized carbons (Fsp3) is 0. The molecule has 304 valence electrons. The first-order valence-electron chi connectivity index (χ1n) is 21.9. The van der Waals surface area contributed by atoms with E-state index < -0.39 is 0 Å². The van der Waals surface area contributed by atoms with E-state index in [0.29, 0.717) is 17.5 Å². The fourth-order valence-electron chi connectivity index (χ4n) is 9.21. The predicted molar refractivity (Wildman–Crippen MR) is 268 cm³/mol. The van der Waals surface area contributed by atoms with Gasteiger partial charge >= 0.3 is 0 Å². The molecule has 12 rings (SSSR count). The minimum atomic E-state index is 0.568. The van der Waals surface area contributed by atoms with E-state index >= 15 is 0 Å². The molecule has 0 aliphatic rings. The average Bonchev–Trinajstić information content (AvgIpc) is 3.77. The zero-order valence-corrected chi connectivity index (χ0v) is 35.3. The third kappa shape index (κ3) is 7.04. The van der Waals surface area contributed by atoms with Crippen molar-refractivity contribution in [1.29, 1.82) is 0 Å². The topological polar surface area (TPSA) is 51.8 Å². The van der Waals surface area contributed by atoms with Crippen molar-refractivity contribution in [3.05, 3.63) is 237 Å². The maximum Gasteiger partial charge on any atom is 0.164 e. The lowest BCUT2D eigenvalue weighted by Gasteiger charge is -2.14. The van der Waals surface area contributed by atoms with E-state index in [-0.39, 0.29) is 0 Å². The lowest BCUT2D eigenvalue weighted by Crippen LogP contribution is -2.00. The number of benzene rings is 10. The summed E-state index contributed by atoms with van der Waals surface area (Å²) in [5.74, 6) is 1.77. The molecule has 0 aliphatic heterocycles. The van der Waals surface area contributed by atoms with Crippen LogP contribution in [-0.4, -0.2) is 15.0 Å². The summed E-state index contributed by atoms with van der Waals surface area (Å²) in [5.41, 5.74) is 15.8. The second kappa shape index (κ2) is 16.2. The van der Waals surface area contributed by atoms with Crippen LogP contribution in [-0.2, 0) is 0 Å². The van der Waals surface area contributed by atoms with Crippen molar-refractivity contribution in [3.63, 3.8) is 0 Å². The van der Waals surface area contributed by atoms with Crippen molar-refractivity contribution in [2.45, 2.75) is 0 Å². The Labute approximate surface area is 376 Å². The highest BCUT2D eigenvalue weighted by Gasteiger charge is 2.20. The average molecular weight is 830 g/mol. The van der Waals surface area contributed by atoms with Crippen LogP contribution < -0.4 is 0 Å². The van der Waals surface area contributed by atoms with Crippen LogP contribution in [0.3, 0.4) is 0 Å². The summed E-state index contributed by atoms with van der Waals surface area (Å²) >= 11 is 0. The van der Waals surface area contributed by atoms with Crippen LogP contribution in [0.25, 0.3) is 123 Å². The molecular weight excluding hydrogens is 791 g/mol. The van der Waals surface area contributed by atoms with Gasteiger partial charge in [-0.2, -0.15) is 0 Å². The van der Waals surface area contributed by atoms with E-state index in [1.807, 2.05) is 6.07 Å². The van der Waals surface area contributed by atoms with E-state index in [4.69, 9.17) is 19.4 Å². The normalized spacial score (nSPS) is 11.4. The van der Waals surface area contributed by atoms with Crippen molar-refractivity contribution in [1.82, 2.24) is 15.0 Å². The quantitative estimate of drug-likeness (QED) is 0.153. The third-order valence-corrected chi connectivity index (χ3v) is 12.4. The number of hydrogen-bond acceptors (Lipinski definition) is 4. The largest absolute Gasteiger partial charge is 0.456 e. The van der Waals surface area contributed by atoms with Gasteiger partial charge in [0, 0.05) is 27.5 Å². The van der Waals surface area contributed by atoms with Crippen LogP contribution in [0, 0.1) is 0 Å².